The monoisotopic (exact) mass is 532 g/mol. The summed E-state index contributed by atoms with van der Waals surface area (Å²) in [6.45, 7) is 0. The highest BCUT2D eigenvalue weighted by atomic mass is 79.9. The predicted octanol–water partition coefficient (Wildman–Crippen LogP) is 6.71. The van der Waals surface area contributed by atoms with E-state index in [0.717, 1.165) is 18.2 Å². The number of rotatable bonds is 3. The van der Waals surface area contributed by atoms with E-state index in [9.17, 15) is 22.8 Å². The fourth-order valence-corrected chi connectivity index (χ4v) is 3.28. The summed E-state index contributed by atoms with van der Waals surface area (Å²) < 4.78 is 39.3. The van der Waals surface area contributed by atoms with Crippen LogP contribution in [0.4, 0.5) is 13.2 Å². The van der Waals surface area contributed by atoms with Crippen LogP contribution in [0.25, 0.3) is 0 Å². The summed E-state index contributed by atoms with van der Waals surface area (Å²) in [5, 5.41) is 17.0. The fraction of sp³-hybridized carbons (Fsp3) is 0.176. The molecule has 0 atom stereocenters. The third kappa shape index (κ3) is 7.55. The second-order valence-electron chi connectivity index (χ2n) is 4.32. The van der Waals surface area contributed by atoms with Crippen molar-refractivity contribution in [3.05, 3.63) is 61.8 Å². The van der Waals surface area contributed by atoms with Crippen LogP contribution in [0.2, 0.25) is 0 Å². The van der Waals surface area contributed by atoms with E-state index in [2.05, 4.69) is 31.9 Å². The average Bonchev–Trinajstić information content (AvgIpc) is 2.44. The third-order valence-electron chi connectivity index (χ3n) is 2.67. The van der Waals surface area contributed by atoms with Gasteiger partial charge in [0.1, 0.15) is 28.6 Å². The number of carboxylic acid groups (broad SMARTS) is 2. The summed E-state index contributed by atoms with van der Waals surface area (Å²) in [6, 6.07) is 4.51. The van der Waals surface area contributed by atoms with Crippen molar-refractivity contribution in [1.82, 2.24) is 0 Å². The Morgan fingerprint density at radius 1 is 0.815 bits per heavy atom. The van der Waals surface area contributed by atoms with Gasteiger partial charge in [-0.15, -0.1) is 11.8 Å². The smallest absolute Gasteiger partial charge is 0.341 e. The zero-order valence-corrected chi connectivity index (χ0v) is 16.3. The molecular weight excluding hydrogens is 517 g/mol. The molecule has 0 aliphatic rings. The number of hydrogen-bond acceptors (Lipinski definition) is 3. The van der Waals surface area contributed by atoms with Gasteiger partial charge in [0.05, 0.1) is 0 Å². The van der Waals surface area contributed by atoms with E-state index < -0.39 is 35.0 Å². The van der Waals surface area contributed by atoms with Gasteiger partial charge in [-0.2, -0.15) is 0 Å². The Morgan fingerprint density at radius 3 is 1.48 bits per heavy atom. The zero-order valence-electron chi connectivity index (χ0n) is 12.3. The summed E-state index contributed by atoms with van der Waals surface area (Å²) in [6.07, 6.45) is 1.70. The van der Waals surface area contributed by atoms with Crippen molar-refractivity contribution < 1.29 is 33.0 Å². The average molecular weight is 534 g/mol. The molecule has 0 radical (unpaired) electrons. The van der Waals surface area contributed by atoms with Crippen molar-refractivity contribution in [3.8, 4) is 0 Å². The lowest BCUT2D eigenvalue weighted by molar-refractivity contribution is 0.0675. The molecule has 2 aromatic rings. The number of benzene rings is 2. The van der Waals surface area contributed by atoms with Gasteiger partial charge in [0, 0.05) is 13.8 Å². The summed E-state index contributed by atoms with van der Waals surface area (Å²) in [5.74, 6) is -5.75. The maximum absolute atomic E-state index is 13.1. The third-order valence-corrected chi connectivity index (χ3v) is 4.35. The second-order valence-corrected chi connectivity index (χ2v) is 7.00. The maximum Gasteiger partial charge on any atom is 0.341 e. The molecule has 0 fully saturated rings. The standard InChI is InChI=1S/C8H6BrFO2S.C7H3BrF2O2.2CH4/c1-13-6-3-4(9)2-5(10)7(6)8(11)12;8-3-1-4(9)6(7(11)12)5(10)2-3;;/h2-3H,1H3,(H,11,12);1-2H,(H,11,12);2*1H4. The van der Waals surface area contributed by atoms with Gasteiger partial charge in [-0.25, -0.2) is 22.8 Å². The Kier molecular flexibility index (Phi) is 12.4. The molecule has 2 rings (SSSR count). The summed E-state index contributed by atoms with van der Waals surface area (Å²) in [5.41, 5.74) is -1.20. The molecule has 10 heteroatoms. The number of carboxylic acids is 2. The first-order chi connectivity index (χ1) is 11.6. The number of hydrogen-bond donors (Lipinski definition) is 2. The van der Waals surface area contributed by atoms with E-state index in [-0.39, 0.29) is 24.9 Å². The summed E-state index contributed by atoms with van der Waals surface area (Å²) in [7, 11) is 0. The highest BCUT2D eigenvalue weighted by Crippen LogP contribution is 2.27. The van der Waals surface area contributed by atoms with E-state index in [0.29, 0.717) is 9.37 Å². The Morgan fingerprint density at radius 2 is 1.15 bits per heavy atom. The molecule has 0 spiro atoms. The summed E-state index contributed by atoms with van der Waals surface area (Å²) >= 11 is 7.12. The molecule has 0 aromatic heterocycles. The fourth-order valence-electron chi connectivity index (χ4n) is 1.67. The van der Waals surface area contributed by atoms with Crippen molar-refractivity contribution >= 4 is 55.6 Å². The van der Waals surface area contributed by atoms with Crippen molar-refractivity contribution in [2.45, 2.75) is 19.7 Å². The van der Waals surface area contributed by atoms with Gasteiger partial charge in [-0.1, -0.05) is 46.7 Å². The topological polar surface area (TPSA) is 74.6 Å². The van der Waals surface area contributed by atoms with Crippen LogP contribution in [-0.2, 0) is 0 Å². The van der Waals surface area contributed by atoms with Crippen molar-refractivity contribution in [3.63, 3.8) is 0 Å². The molecule has 0 aliphatic carbocycles. The first-order valence-electron chi connectivity index (χ1n) is 6.22. The number of halogens is 5. The molecule has 150 valence electrons. The minimum Gasteiger partial charge on any atom is -0.478 e. The molecule has 0 saturated heterocycles. The normalized spacial score (nSPS) is 9.26. The van der Waals surface area contributed by atoms with Gasteiger partial charge in [-0.3, -0.25) is 0 Å². The first kappa shape index (κ1) is 27.7. The lowest BCUT2D eigenvalue weighted by atomic mass is 10.2. The molecule has 0 unspecified atom stereocenters. The predicted molar refractivity (Wildman–Crippen MR) is 107 cm³/mol. The van der Waals surface area contributed by atoms with Crippen LogP contribution < -0.4 is 0 Å². The molecule has 2 aromatic carbocycles. The Bertz CT molecular complexity index is 809. The highest BCUT2D eigenvalue weighted by molar-refractivity contribution is 9.10. The maximum atomic E-state index is 13.1. The second kappa shape index (κ2) is 12.0. The summed E-state index contributed by atoms with van der Waals surface area (Å²) in [4.78, 5) is 21.3. The molecule has 0 amide bonds. The zero-order chi connectivity index (χ0) is 19.3. The number of thioether (sulfide) groups is 1. The minimum atomic E-state index is -1.61. The molecule has 2 N–H and O–H groups in total. The van der Waals surface area contributed by atoms with E-state index in [4.69, 9.17) is 10.2 Å². The van der Waals surface area contributed by atoms with Crippen molar-refractivity contribution in [1.29, 1.82) is 0 Å². The lowest BCUT2D eigenvalue weighted by Crippen LogP contribution is -2.04. The molecular formula is C17H17Br2F3O4S. The van der Waals surface area contributed by atoms with Crippen LogP contribution in [0.15, 0.2) is 38.1 Å². The molecule has 0 aliphatic heterocycles. The minimum absolute atomic E-state index is 0. The van der Waals surface area contributed by atoms with Crippen LogP contribution >= 0.6 is 43.6 Å². The SMILES string of the molecule is C.C.CSc1cc(Br)cc(F)c1C(=O)O.O=C(O)c1c(F)cc(Br)cc1F. The Hall–Kier alpha value is -1.52. The van der Waals surface area contributed by atoms with Crippen LogP contribution in [0.1, 0.15) is 35.6 Å². The molecule has 4 nitrogen and oxygen atoms in total. The molecule has 0 saturated carbocycles. The quantitative estimate of drug-likeness (QED) is 0.429. The van der Waals surface area contributed by atoms with Crippen LogP contribution in [0.5, 0.6) is 0 Å². The van der Waals surface area contributed by atoms with Gasteiger partial charge in [0.15, 0.2) is 0 Å². The Balaban J connectivity index is 0. The lowest BCUT2D eigenvalue weighted by Gasteiger charge is -2.04. The van der Waals surface area contributed by atoms with E-state index in [1.54, 1.807) is 12.3 Å². The molecule has 27 heavy (non-hydrogen) atoms. The molecule has 0 heterocycles. The van der Waals surface area contributed by atoms with Gasteiger partial charge >= 0.3 is 11.9 Å². The van der Waals surface area contributed by atoms with Gasteiger partial charge in [0.2, 0.25) is 0 Å². The van der Waals surface area contributed by atoms with Gasteiger partial charge in [-0.05, 0) is 30.5 Å². The Labute approximate surface area is 176 Å². The molecule has 0 bridgehead atoms. The van der Waals surface area contributed by atoms with E-state index in [1.165, 1.54) is 11.8 Å². The highest BCUT2D eigenvalue weighted by Gasteiger charge is 2.17. The largest absolute Gasteiger partial charge is 0.478 e. The van der Waals surface area contributed by atoms with Crippen LogP contribution in [0.3, 0.4) is 0 Å². The van der Waals surface area contributed by atoms with Crippen LogP contribution in [0, 0.1) is 17.5 Å². The van der Waals surface area contributed by atoms with Crippen molar-refractivity contribution in [2.75, 3.05) is 6.26 Å². The van der Waals surface area contributed by atoms with Gasteiger partial charge < -0.3 is 10.2 Å². The number of aromatic carboxylic acids is 2. The number of carbonyl (C=O) groups is 2. The van der Waals surface area contributed by atoms with E-state index in [1.807, 2.05) is 0 Å². The van der Waals surface area contributed by atoms with Crippen molar-refractivity contribution in [2.24, 2.45) is 0 Å². The van der Waals surface area contributed by atoms with Crippen LogP contribution in [-0.4, -0.2) is 28.4 Å². The van der Waals surface area contributed by atoms with Gasteiger partial charge in [0.25, 0.3) is 0 Å². The van der Waals surface area contributed by atoms with E-state index >= 15 is 0 Å². The first-order valence-corrected chi connectivity index (χ1v) is 9.03.